The second-order valence-electron chi connectivity index (χ2n) is 6.14. The lowest BCUT2D eigenvalue weighted by molar-refractivity contribution is -0.131. The summed E-state index contributed by atoms with van der Waals surface area (Å²) in [4.78, 5) is 16.0. The number of hydrogen-bond acceptors (Lipinski definition) is 5. The van der Waals surface area contributed by atoms with Crippen molar-refractivity contribution < 1.29 is 9.18 Å². The van der Waals surface area contributed by atoms with E-state index in [2.05, 4.69) is 8.75 Å². The number of carbonyl (C=O) groups excluding carboxylic acids is 1. The average molecular weight is 358 g/mol. The number of benzene rings is 2. The molecule has 5 nitrogen and oxygen atoms in total. The number of likely N-dealkylation sites (N-methyl/N-ethyl adjacent to an activating group) is 2. The van der Waals surface area contributed by atoms with Gasteiger partial charge in [-0.05, 0) is 42.4 Å². The molecule has 2 aromatic carbocycles. The maximum absolute atomic E-state index is 12.9. The zero-order valence-corrected chi connectivity index (χ0v) is 15.0. The van der Waals surface area contributed by atoms with Crippen molar-refractivity contribution in [2.75, 3.05) is 20.6 Å². The lowest BCUT2D eigenvalue weighted by Gasteiger charge is -2.22. The fourth-order valence-electron chi connectivity index (χ4n) is 2.60. The van der Waals surface area contributed by atoms with E-state index in [0.717, 1.165) is 22.2 Å². The molecule has 25 heavy (non-hydrogen) atoms. The van der Waals surface area contributed by atoms with Crippen molar-refractivity contribution in [1.82, 2.24) is 18.5 Å². The molecular weight excluding hydrogens is 339 g/mol. The molecule has 1 heterocycles. The Hall–Kier alpha value is -2.38. The number of hydrogen-bond donors (Lipinski definition) is 0. The van der Waals surface area contributed by atoms with E-state index in [4.69, 9.17) is 0 Å². The first-order valence-electron chi connectivity index (χ1n) is 7.89. The lowest BCUT2D eigenvalue weighted by Crippen LogP contribution is -2.36. The zero-order chi connectivity index (χ0) is 17.8. The van der Waals surface area contributed by atoms with Gasteiger partial charge in [0.1, 0.15) is 16.9 Å². The van der Waals surface area contributed by atoms with Crippen LogP contribution in [-0.2, 0) is 17.9 Å². The third-order valence-corrected chi connectivity index (χ3v) is 4.49. The van der Waals surface area contributed by atoms with Gasteiger partial charge in [0.2, 0.25) is 5.91 Å². The number of nitrogens with zero attached hydrogens (tertiary/aromatic N) is 4. The molecule has 0 bridgehead atoms. The molecule has 0 aliphatic rings. The minimum absolute atomic E-state index is 0.0288. The first kappa shape index (κ1) is 17.4. The first-order chi connectivity index (χ1) is 12.0. The van der Waals surface area contributed by atoms with Gasteiger partial charge < -0.3 is 4.90 Å². The van der Waals surface area contributed by atoms with Gasteiger partial charge in [-0.25, -0.2) is 4.39 Å². The SMILES string of the molecule is CN(CC(=O)N(C)Cc1ccc2nsnc2c1)Cc1ccc(F)cc1. The summed E-state index contributed by atoms with van der Waals surface area (Å²) < 4.78 is 21.3. The van der Waals surface area contributed by atoms with E-state index < -0.39 is 0 Å². The summed E-state index contributed by atoms with van der Waals surface area (Å²) in [6, 6.07) is 12.2. The van der Waals surface area contributed by atoms with Crippen LogP contribution >= 0.6 is 11.7 Å². The standard InChI is InChI=1S/C18H19FN4OS/c1-22(10-13-3-6-15(19)7-4-13)12-18(24)23(2)11-14-5-8-16-17(9-14)21-25-20-16/h3-9H,10-12H2,1-2H3. The molecule has 0 saturated heterocycles. The van der Waals surface area contributed by atoms with E-state index in [1.165, 1.54) is 23.9 Å². The molecule has 3 aromatic rings. The highest BCUT2D eigenvalue weighted by Crippen LogP contribution is 2.15. The average Bonchev–Trinajstić information content (AvgIpc) is 3.04. The minimum atomic E-state index is -0.255. The van der Waals surface area contributed by atoms with Gasteiger partial charge in [-0.1, -0.05) is 18.2 Å². The van der Waals surface area contributed by atoms with Crippen LogP contribution in [0, 0.1) is 5.82 Å². The van der Waals surface area contributed by atoms with Crippen LogP contribution in [0.3, 0.4) is 0 Å². The summed E-state index contributed by atoms with van der Waals surface area (Å²) >= 11 is 1.19. The number of halogens is 1. The highest BCUT2D eigenvalue weighted by Gasteiger charge is 2.13. The number of carbonyl (C=O) groups is 1. The van der Waals surface area contributed by atoms with Gasteiger partial charge in [-0.3, -0.25) is 9.69 Å². The van der Waals surface area contributed by atoms with Crippen molar-refractivity contribution in [2.45, 2.75) is 13.1 Å². The van der Waals surface area contributed by atoms with Crippen LogP contribution in [0.1, 0.15) is 11.1 Å². The maximum Gasteiger partial charge on any atom is 0.236 e. The number of rotatable bonds is 6. The molecule has 0 saturated carbocycles. The van der Waals surface area contributed by atoms with E-state index in [1.54, 1.807) is 24.1 Å². The molecule has 7 heteroatoms. The van der Waals surface area contributed by atoms with Crippen molar-refractivity contribution in [1.29, 1.82) is 0 Å². The second-order valence-corrected chi connectivity index (χ2v) is 6.66. The lowest BCUT2D eigenvalue weighted by atomic mass is 10.2. The normalized spacial score (nSPS) is 11.2. The molecule has 0 N–H and O–H groups in total. The largest absolute Gasteiger partial charge is 0.340 e. The van der Waals surface area contributed by atoms with Gasteiger partial charge in [0.25, 0.3) is 0 Å². The van der Waals surface area contributed by atoms with Crippen LogP contribution in [0.15, 0.2) is 42.5 Å². The van der Waals surface area contributed by atoms with Crippen LogP contribution in [0.2, 0.25) is 0 Å². The fraction of sp³-hybridized carbons (Fsp3) is 0.278. The molecule has 0 radical (unpaired) electrons. The van der Waals surface area contributed by atoms with Gasteiger partial charge in [0.15, 0.2) is 0 Å². The van der Waals surface area contributed by atoms with Crippen molar-refractivity contribution in [3.63, 3.8) is 0 Å². The molecule has 0 fully saturated rings. The molecular formula is C18H19FN4OS. The Morgan fingerprint density at radius 2 is 1.68 bits per heavy atom. The zero-order valence-electron chi connectivity index (χ0n) is 14.1. The van der Waals surface area contributed by atoms with Crippen LogP contribution in [0.25, 0.3) is 11.0 Å². The van der Waals surface area contributed by atoms with Crippen LogP contribution < -0.4 is 0 Å². The van der Waals surface area contributed by atoms with E-state index in [0.29, 0.717) is 19.6 Å². The maximum atomic E-state index is 12.9. The summed E-state index contributed by atoms with van der Waals surface area (Å²) in [5, 5.41) is 0. The predicted octanol–water partition coefficient (Wildman–Crippen LogP) is 2.92. The van der Waals surface area contributed by atoms with Gasteiger partial charge in [0.05, 0.1) is 18.3 Å². The molecule has 0 atom stereocenters. The smallest absolute Gasteiger partial charge is 0.236 e. The molecule has 1 amide bonds. The number of amides is 1. The molecule has 3 rings (SSSR count). The van der Waals surface area contributed by atoms with E-state index in [9.17, 15) is 9.18 Å². The summed E-state index contributed by atoms with van der Waals surface area (Å²) in [6.45, 7) is 1.42. The summed E-state index contributed by atoms with van der Waals surface area (Å²) in [7, 11) is 3.67. The topological polar surface area (TPSA) is 49.3 Å². The summed E-state index contributed by atoms with van der Waals surface area (Å²) in [5.74, 6) is -0.226. The van der Waals surface area contributed by atoms with E-state index in [-0.39, 0.29) is 11.7 Å². The Kier molecular flexibility index (Phi) is 5.35. The Morgan fingerprint density at radius 3 is 2.44 bits per heavy atom. The minimum Gasteiger partial charge on any atom is -0.340 e. The van der Waals surface area contributed by atoms with Crippen LogP contribution in [0.5, 0.6) is 0 Å². The molecule has 0 unspecified atom stereocenters. The molecule has 1 aromatic heterocycles. The van der Waals surface area contributed by atoms with Crippen molar-refractivity contribution in [2.24, 2.45) is 0 Å². The third-order valence-electron chi connectivity index (χ3n) is 3.93. The summed E-state index contributed by atoms with van der Waals surface area (Å²) in [5.41, 5.74) is 3.73. The van der Waals surface area contributed by atoms with Gasteiger partial charge in [0, 0.05) is 20.1 Å². The highest BCUT2D eigenvalue weighted by atomic mass is 32.1. The molecule has 0 aliphatic carbocycles. The molecule has 130 valence electrons. The number of aromatic nitrogens is 2. The molecule has 0 aliphatic heterocycles. The quantitative estimate of drug-likeness (QED) is 0.680. The Labute approximate surface area is 150 Å². The Morgan fingerprint density at radius 1 is 1.00 bits per heavy atom. The van der Waals surface area contributed by atoms with E-state index in [1.807, 2.05) is 30.1 Å². The fourth-order valence-corrected chi connectivity index (χ4v) is 3.11. The highest BCUT2D eigenvalue weighted by molar-refractivity contribution is 7.00. The Bertz CT molecular complexity index is 865. The summed E-state index contributed by atoms with van der Waals surface area (Å²) in [6.07, 6.45) is 0. The van der Waals surface area contributed by atoms with E-state index >= 15 is 0 Å². The number of fused-ring (bicyclic) bond motifs is 1. The second kappa shape index (κ2) is 7.67. The van der Waals surface area contributed by atoms with Gasteiger partial charge in [-0.2, -0.15) is 8.75 Å². The Balaban J connectivity index is 1.55. The first-order valence-corrected chi connectivity index (χ1v) is 8.62. The van der Waals surface area contributed by atoms with Gasteiger partial charge >= 0.3 is 0 Å². The van der Waals surface area contributed by atoms with Crippen molar-refractivity contribution in [3.8, 4) is 0 Å². The monoisotopic (exact) mass is 358 g/mol. The van der Waals surface area contributed by atoms with Crippen LogP contribution in [0.4, 0.5) is 4.39 Å². The van der Waals surface area contributed by atoms with Crippen molar-refractivity contribution >= 4 is 28.7 Å². The molecule has 0 spiro atoms. The van der Waals surface area contributed by atoms with Gasteiger partial charge in [-0.15, -0.1) is 0 Å². The van der Waals surface area contributed by atoms with Crippen LogP contribution in [-0.4, -0.2) is 45.1 Å². The predicted molar refractivity (Wildman–Crippen MR) is 96.6 cm³/mol. The third kappa shape index (κ3) is 4.58. The van der Waals surface area contributed by atoms with Crippen molar-refractivity contribution in [3.05, 3.63) is 59.4 Å².